The van der Waals surface area contributed by atoms with E-state index in [1.807, 2.05) is 0 Å². The molecule has 0 aromatic rings. The van der Waals surface area contributed by atoms with Gasteiger partial charge in [-0.3, -0.25) is 0 Å². The first-order valence-corrected chi connectivity index (χ1v) is 6.66. The molecule has 0 radical (unpaired) electrons. The molecule has 0 saturated heterocycles. The monoisotopic (exact) mass is 224 g/mol. The van der Waals surface area contributed by atoms with Crippen LogP contribution in [0.5, 0.6) is 0 Å². The van der Waals surface area contributed by atoms with Gasteiger partial charge in [0.05, 0.1) is 6.61 Å². The van der Waals surface area contributed by atoms with Crippen LogP contribution in [0.3, 0.4) is 0 Å². The summed E-state index contributed by atoms with van der Waals surface area (Å²) in [4.78, 5) is 0. The van der Waals surface area contributed by atoms with Gasteiger partial charge in [-0.1, -0.05) is 20.3 Å². The fourth-order valence-electron chi connectivity index (χ4n) is 3.20. The van der Waals surface area contributed by atoms with Crippen molar-refractivity contribution < 1.29 is 9.84 Å². The molecule has 2 atom stereocenters. The number of aliphatic hydroxyl groups is 1. The normalized spacial score (nSPS) is 35.0. The molecule has 0 spiro atoms. The lowest BCUT2D eigenvalue weighted by molar-refractivity contribution is -0.0289. The number of rotatable bonds is 3. The highest BCUT2D eigenvalue weighted by molar-refractivity contribution is 5.14. The zero-order chi connectivity index (χ0) is 11.6. The van der Waals surface area contributed by atoms with Crippen LogP contribution >= 0.6 is 0 Å². The summed E-state index contributed by atoms with van der Waals surface area (Å²) in [5.74, 6) is 2.26. The zero-order valence-corrected chi connectivity index (χ0v) is 10.5. The molecule has 0 aromatic heterocycles. The summed E-state index contributed by atoms with van der Waals surface area (Å²) in [6.45, 7) is 5.28. The minimum atomic E-state index is -0.645. The van der Waals surface area contributed by atoms with Crippen LogP contribution in [0.25, 0.3) is 0 Å². The van der Waals surface area contributed by atoms with Crippen molar-refractivity contribution in [1.82, 2.24) is 0 Å². The lowest BCUT2D eigenvalue weighted by Gasteiger charge is -2.37. The molecule has 2 rings (SSSR count). The van der Waals surface area contributed by atoms with E-state index in [4.69, 9.17) is 4.74 Å². The molecule has 0 aromatic carbocycles. The van der Waals surface area contributed by atoms with Crippen LogP contribution in [-0.4, -0.2) is 17.3 Å². The van der Waals surface area contributed by atoms with Gasteiger partial charge >= 0.3 is 0 Å². The Morgan fingerprint density at radius 2 is 2.38 bits per heavy atom. The second-order valence-electron chi connectivity index (χ2n) is 5.83. The first kappa shape index (κ1) is 12.0. The lowest BCUT2D eigenvalue weighted by atomic mass is 9.74. The first-order valence-electron chi connectivity index (χ1n) is 6.66. The SMILES string of the molecule is CC(C)CC1CCCC(O)(C2=CCCO2)C1. The van der Waals surface area contributed by atoms with Crippen molar-refractivity contribution in [3.63, 3.8) is 0 Å². The summed E-state index contributed by atoms with van der Waals surface area (Å²) in [5.41, 5.74) is -0.645. The van der Waals surface area contributed by atoms with Crippen LogP contribution in [-0.2, 0) is 4.74 Å². The molecular formula is C14H24O2. The van der Waals surface area contributed by atoms with Gasteiger partial charge in [-0.25, -0.2) is 0 Å². The van der Waals surface area contributed by atoms with Crippen molar-refractivity contribution >= 4 is 0 Å². The Morgan fingerprint density at radius 1 is 1.56 bits per heavy atom. The molecule has 1 saturated carbocycles. The summed E-state index contributed by atoms with van der Waals surface area (Å²) in [5, 5.41) is 10.7. The minimum absolute atomic E-state index is 0.645. The van der Waals surface area contributed by atoms with E-state index in [2.05, 4.69) is 19.9 Å². The zero-order valence-electron chi connectivity index (χ0n) is 10.5. The quantitative estimate of drug-likeness (QED) is 0.797. The third-order valence-electron chi connectivity index (χ3n) is 3.80. The van der Waals surface area contributed by atoms with Gasteiger partial charge in [0.1, 0.15) is 11.4 Å². The van der Waals surface area contributed by atoms with E-state index in [1.54, 1.807) is 0 Å². The van der Waals surface area contributed by atoms with Crippen LogP contribution in [0.4, 0.5) is 0 Å². The molecule has 16 heavy (non-hydrogen) atoms. The lowest BCUT2D eigenvalue weighted by Crippen LogP contribution is -2.37. The van der Waals surface area contributed by atoms with Crippen LogP contribution in [0.2, 0.25) is 0 Å². The fraction of sp³-hybridized carbons (Fsp3) is 0.857. The molecule has 0 bridgehead atoms. The van der Waals surface area contributed by atoms with Crippen LogP contribution in [0.15, 0.2) is 11.8 Å². The number of ether oxygens (including phenoxy) is 1. The minimum Gasteiger partial charge on any atom is -0.495 e. The number of hydrogen-bond acceptors (Lipinski definition) is 2. The van der Waals surface area contributed by atoms with E-state index in [0.29, 0.717) is 5.92 Å². The molecule has 2 unspecified atom stereocenters. The van der Waals surface area contributed by atoms with Crippen molar-refractivity contribution in [3.8, 4) is 0 Å². The maximum Gasteiger partial charge on any atom is 0.124 e. The molecule has 0 amide bonds. The Morgan fingerprint density at radius 3 is 3.00 bits per heavy atom. The third kappa shape index (κ3) is 2.60. The molecule has 1 fully saturated rings. The Kier molecular flexibility index (Phi) is 3.58. The predicted octanol–water partition coefficient (Wildman–Crippen LogP) is 3.26. The van der Waals surface area contributed by atoms with E-state index >= 15 is 0 Å². The van der Waals surface area contributed by atoms with Crippen LogP contribution in [0.1, 0.15) is 52.4 Å². The Hall–Kier alpha value is -0.500. The smallest absolute Gasteiger partial charge is 0.124 e. The van der Waals surface area contributed by atoms with E-state index < -0.39 is 5.60 Å². The van der Waals surface area contributed by atoms with Gasteiger partial charge in [-0.05, 0) is 43.6 Å². The maximum atomic E-state index is 10.7. The summed E-state index contributed by atoms with van der Waals surface area (Å²) in [7, 11) is 0. The summed E-state index contributed by atoms with van der Waals surface area (Å²) in [6.07, 6.45) is 8.46. The molecule has 92 valence electrons. The molecular weight excluding hydrogens is 200 g/mol. The fourth-order valence-corrected chi connectivity index (χ4v) is 3.20. The second kappa shape index (κ2) is 4.79. The van der Waals surface area contributed by atoms with Crippen molar-refractivity contribution in [2.24, 2.45) is 11.8 Å². The van der Waals surface area contributed by atoms with Gasteiger partial charge < -0.3 is 9.84 Å². The largest absolute Gasteiger partial charge is 0.495 e. The van der Waals surface area contributed by atoms with Crippen molar-refractivity contribution in [1.29, 1.82) is 0 Å². The van der Waals surface area contributed by atoms with E-state index in [1.165, 1.54) is 12.8 Å². The Balaban J connectivity index is 1.99. The highest BCUT2D eigenvalue weighted by Gasteiger charge is 2.39. The van der Waals surface area contributed by atoms with Gasteiger partial charge in [-0.2, -0.15) is 0 Å². The van der Waals surface area contributed by atoms with E-state index in [9.17, 15) is 5.11 Å². The van der Waals surface area contributed by atoms with Crippen molar-refractivity contribution in [2.45, 2.75) is 58.0 Å². The van der Waals surface area contributed by atoms with Crippen LogP contribution < -0.4 is 0 Å². The van der Waals surface area contributed by atoms with Gasteiger partial charge in [0.2, 0.25) is 0 Å². The number of hydrogen-bond donors (Lipinski definition) is 1. The average Bonchev–Trinajstić information content (AvgIpc) is 2.69. The summed E-state index contributed by atoms with van der Waals surface area (Å²) in [6, 6.07) is 0. The summed E-state index contributed by atoms with van der Waals surface area (Å²) < 4.78 is 5.56. The van der Waals surface area contributed by atoms with Crippen molar-refractivity contribution in [2.75, 3.05) is 6.61 Å². The predicted molar refractivity (Wildman–Crippen MR) is 65.0 cm³/mol. The first-order chi connectivity index (χ1) is 7.60. The van der Waals surface area contributed by atoms with Gasteiger partial charge in [0, 0.05) is 6.42 Å². The van der Waals surface area contributed by atoms with E-state index in [-0.39, 0.29) is 0 Å². The Labute approximate surface area is 98.7 Å². The van der Waals surface area contributed by atoms with E-state index in [0.717, 1.165) is 44.0 Å². The maximum absolute atomic E-state index is 10.7. The standard InChI is InChI=1S/C14H24O2/c1-11(2)9-12-5-3-7-14(15,10-12)13-6-4-8-16-13/h6,11-12,15H,3-5,7-10H2,1-2H3. The van der Waals surface area contributed by atoms with Crippen LogP contribution in [0, 0.1) is 11.8 Å². The molecule has 2 heteroatoms. The molecule has 1 N–H and O–H groups in total. The van der Waals surface area contributed by atoms with Crippen molar-refractivity contribution in [3.05, 3.63) is 11.8 Å². The third-order valence-corrected chi connectivity index (χ3v) is 3.80. The topological polar surface area (TPSA) is 29.5 Å². The van der Waals surface area contributed by atoms with Gasteiger partial charge in [0.25, 0.3) is 0 Å². The molecule has 2 aliphatic rings. The molecule has 2 nitrogen and oxygen atoms in total. The Bertz CT molecular complexity index is 270. The molecule has 1 heterocycles. The molecule has 1 aliphatic heterocycles. The second-order valence-corrected chi connectivity index (χ2v) is 5.83. The molecule has 1 aliphatic carbocycles. The van der Waals surface area contributed by atoms with Gasteiger partial charge in [-0.15, -0.1) is 0 Å². The summed E-state index contributed by atoms with van der Waals surface area (Å²) >= 11 is 0. The highest BCUT2D eigenvalue weighted by Crippen LogP contribution is 2.41. The highest BCUT2D eigenvalue weighted by atomic mass is 16.5. The van der Waals surface area contributed by atoms with Gasteiger partial charge in [0.15, 0.2) is 0 Å². The average molecular weight is 224 g/mol.